The van der Waals surface area contributed by atoms with Crippen LogP contribution in [-0.2, 0) is 6.42 Å². The van der Waals surface area contributed by atoms with Crippen molar-refractivity contribution in [1.82, 2.24) is 5.32 Å². The Balaban J connectivity index is 2.04. The van der Waals surface area contributed by atoms with Crippen LogP contribution in [0.1, 0.15) is 17.7 Å². The molecule has 0 atom stereocenters. The van der Waals surface area contributed by atoms with E-state index in [4.69, 9.17) is 0 Å². The number of rotatable bonds is 5. The van der Waals surface area contributed by atoms with Crippen LogP contribution >= 0.6 is 11.3 Å². The first-order valence-corrected chi connectivity index (χ1v) is 4.98. The predicted molar refractivity (Wildman–Crippen MR) is 51.2 cm³/mol. The highest BCUT2D eigenvalue weighted by Gasteiger charge is 1.92. The topological polar surface area (TPSA) is 12.0 Å². The normalized spacial score (nSPS) is 10.3. The zero-order valence-corrected chi connectivity index (χ0v) is 7.79. The minimum Gasteiger partial charge on any atom is -0.320 e. The van der Waals surface area contributed by atoms with E-state index in [-0.39, 0.29) is 0 Å². The third kappa shape index (κ3) is 3.54. The number of hydrogen-bond donors (Lipinski definition) is 1. The van der Waals surface area contributed by atoms with E-state index >= 15 is 0 Å². The number of nitrogens with one attached hydrogen (secondary N) is 1. The molecule has 2 heteroatoms. The molecule has 0 unspecified atom stereocenters. The number of aryl methyl sites for hydroxylation is 1. The average molecular weight is 169 g/mol. The molecule has 1 aromatic rings. The molecule has 1 N–H and O–H groups in total. The molecule has 0 radical (unpaired) electrons. The second kappa shape index (κ2) is 5.33. The van der Waals surface area contributed by atoms with E-state index in [0.717, 1.165) is 6.54 Å². The maximum atomic E-state index is 3.15. The lowest BCUT2D eigenvalue weighted by molar-refractivity contribution is 0.680. The van der Waals surface area contributed by atoms with Gasteiger partial charge in [0.2, 0.25) is 0 Å². The molecule has 11 heavy (non-hydrogen) atoms. The van der Waals surface area contributed by atoms with Crippen LogP contribution in [0.4, 0.5) is 0 Å². The van der Waals surface area contributed by atoms with Gasteiger partial charge in [-0.3, -0.25) is 0 Å². The van der Waals surface area contributed by atoms with Crippen molar-refractivity contribution in [2.45, 2.75) is 19.3 Å². The Morgan fingerprint density at radius 2 is 2.36 bits per heavy atom. The fourth-order valence-electron chi connectivity index (χ4n) is 1.06. The third-order valence-electron chi connectivity index (χ3n) is 1.68. The molecule has 0 aliphatic carbocycles. The maximum absolute atomic E-state index is 3.15. The summed E-state index contributed by atoms with van der Waals surface area (Å²) in [5.41, 5.74) is 0. The van der Waals surface area contributed by atoms with Crippen LogP contribution in [0.15, 0.2) is 17.5 Å². The van der Waals surface area contributed by atoms with E-state index in [2.05, 4.69) is 22.8 Å². The molecule has 1 rings (SSSR count). The SMILES string of the molecule is CNCCCCc1cccs1. The average Bonchev–Trinajstić information content (AvgIpc) is 2.50. The Labute approximate surface area is 72.4 Å². The van der Waals surface area contributed by atoms with E-state index in [1.807, 2.05) is 18.4 Å². The van der Waals surface area contributed by atoms with Crippen LogP contribution in [0.5, 0.6) is 0 Å². The van der Waals surface area contributed by atoms with Gasteiger partial charge in [0.15, 0.2) is 0 Å². The second-order valence-electron chi connectivity index (χ2n) is 2.64. The van der Waals surface area contributed by atoms with Gasteiger partial charge in [0.25, 0.3) is 0 Å². The first-order valence-electron chi connectivity index (χ1n) is 4.10. The van der Waals surface area contributed by atoms with Crippen molar-refractivity contribution < 1.29 is 0 Å². The molecule has 1 heterocycles. The maximum Gasteiger partial charge on any atom is 0.00452 e. The second-order valence-corrected chi connectivity index (χ2v) is 3.67. The predicted octanol–water partition coefficient (Wildman–Crippen LogP) is 2.29. The zero-order chi connectivity index (χ0) is 7.94. The lowest BCUT2D eigenvalue weighted by Gasteiger charge is -1.97. The summed E-state index contributed by atoms with van der Waals surface area (Å²) < 4.78 is 0. The van der Waals surface area contributed by atoms with Crippen LogP contribution in [0.2, 0.25) is 0 Å². The van der Waals surface area contributed by atoms with Gasteiger partial charge in [-0.05, 0) is 44.3 Å². The van der Waals surface area contributed by atoms with Crippen molar-refractivity contribution in [2.24, 2.45) is 0 Å². The van der Waals surface area contributed by atoms with E-state index in [0.29, 0.717) is 0 Å². The van der Waals surface area contributed by atoms with Crippen molar-refractivity contribution in [1.29, 1.82) is 0 Å². The van der Waals surface area contributed by atoms with Gasteiger partial charge in [-0.25, -0.2) is 0 Å². The Morgan fingerprint density at radius 1 is 1.45 bits per heavy atom. The molecule has 0 aliphatic heterocycles. The highest BCUT2D eigenvalue weighted by Crippen LogP contribution is 2.11. The standard InChI is InChI=1S/C9H15NS/c1-10-7-3-2-5-9-6-4-8-11-9/h4,6,8,10H,2-3,5,7H2,1H3. The van der Waals surface area contributed by atoms with Crippen molar-refractivity contribution in [3.8, 4) is 0 Å². The Kier molecular flexibility index (Phi) is 4.24. The molecule has 62 valence electrons. The summed E-state index contributed by atoms with van der Waals surface area (Å²) in [4.78, 5) is 1.51. The van der Waals surface area contributed by atoms with Gasteiger partial charge in [0.05, 0.1) is 0 Å². The fraction of sp³-hybridized carbons (Fsp3) is 0.556. The van der Waals surface area contributed by atoms with Gasteiger partial charge in [-0.1, -0.05) is 6.07 Å². The molecule has 0 bridgehead atoms. The van der Waals surface area contributed by atoms with E-state index < -0.39 is 0 Å². The highest BCUT2D eigenvalue weighted by molar-refractivity contribution is 7.09. The van der Waals surface area contributed by atoms with E-state index in [9.17, 15) is 0 Å². The molecule has 0 aromatic carbocycles. The van der Waals surface area contributed by atoms with Crippen LogP contribution < -0.4 is 5.32 Å². The van der Waals surface area contributed by atoms with Gasteiger partial charge < -0.3 is 5.32 Å². The lowest BCUT2D eigenvalue weighted by atomic mass is 10.2. The molecule has 0 spiro atoms. The smallest absolute Gasteiger partial charge is 0.00452 e. The number of hydrogen-bond acceptors (Lipinski definition) is 2. The summed E-state index contributed by atoms with van der Waals surface area (Å²) >= 11 is 1.86. The van der Waals surface area contributed by atoms with Crippen LogP contribution in [-0.4, -0.2) is 13.6 Å². The minimum absolute atomic E-state index is 1.14. The first kappa shape index (κ1) is 8.75. The summed E-state index contributed by atoms with van der Waals surface area (Å²) in [6, 6.07) is 4.34. The molecule has 0 saturated heterocycles. The quantitative estimate of drug-likeness (QED) is 0.667. The lowest BCUT2D eigenvalue weighted by Crippen LogP contribution is -2.07. The first-order chi connectivity index (χ1) is 5.43. The van der Waals surface area contributed by atoms with Crippen molar-refractivity contribution >= 4 is 11.3 Å². The Hall–Kier alpha value is -0.340. The molecule has 0 amide bonds. The number of thiophene rings is 1. The summed E-state index contributed by atoms with van der Waals surface area (Å²) in [5.74, 6) is 0. The molecule has 0 saturated carbocycles. The van der Waals surface area contributed by atoms with Gasteiger partial charge in [0.1, 0.15) is 0 Å². The molecule has 1 aromatic heterocycles. The Morgan fingerprint density at radius 3 is 3.00 bits per heavy atom. The summed E-state index contributed by atoms with van der Waals surface area (Å²) in [6.45, 7) is 1.14. The van der Waals surface area contributed by atoms with Crippen LogP contribution in [0.3, 0.4) is 0 Å². The Bertz CT molecular complexity index is 170. The molecular weight excluding hydrogens is 154 g/mol. The summed E-state index contributed by atoms with van der Waals surface area (Å²) in [7, 11) is 2.01. The molecule has 1 nitrogen and oxygen atoms in total. The molecular formula is C9H15NS. The monoisotopic (exact) mass is 169 g/mol. The van der Waals surface area contributed by atoms with Crippen LogP contribution in [0, 0.1) is 0 Å². The number of unbranched alkanes of at least 4 members (excludes halogenated alkanes) is 1. The largest absolute Gasteiger partial charge is 0.320 e. The molecule has 0 fully saturated rings. The van der Waals surface area contributed by atoms with Crippen molar-refractivity contribution in [3.05, 3.63) is 22.4 Å². The summed E-state index contributed by atoms with van der Waals surface area (Å²) in [6.07, 6.45) is 3.84. The van der Waals surface area contributed by atoms with E-state index in [1.165, 1.54) is 24.1 Å². The van der Waals surface area contributed by atoms with Crippen LogP contribution in [0.25, 0.3) is 0 Å². The molecule has 0 aliphatic rings. The van der Waals surface area contributed by atoms with Gasteiger partial charge in [0, 0.05) is 4.88 Å². The summed E-state index contributed by atoms with van der Waals surface area (Å²) in [5, 5.41) is 5.30. The van der Waals surface area contributed by atoms with Crippen molar-refractivity contribution in [2.75, 3.05) is 13.6 Å². The third-order valence-corrected chi connectivity index (χ3v) is 2.62. The highest BCUT2D eigenvalue weighted by atomic mass is 32.1. The zero-order valence-electron chi connectivity index (χ0n) is 6.97. The fourth-order valence-corrected chi connectivity index (χ4v) is 1.81. The van der Waals surface area contributed by atoms with E-state index in [1.54, 1.807) is 0 Å². The van der Waals surface area contributed by atoms with Gasteiger partial charge in [-0.15, -0.1) is 11.3 Å². The van der Waals surface area contributed by atoms with Gasteiger partial charge in [-0.2, -0.15) is 0 Å². The van der Waals surface area contributed by atoms with Crippen molar-refractivity contribution in [3.63, 3.8) is 0 Å². The minimum atomic E-state index is 1.14. The van der Waals surface area contributed by atoms with Gasteiger partial charge >= 0.3 is 0 Å².